The van der Waals surface area contributed by atoms with E-state index < -0.39 is 12.1 Å². The Kier molecular flexibility index (Phi) is 9.17. The highest BCUT2D eigenvalue weighted by molar-refractivity contribution is 5.66. The van der Waals surface area contributed by atoms with Gasteiger partial charge in [0.1, 0.15) is 0 Å². The van der Waals surface area contributed by atoms with E-state index in [-0.39, 0.29) is 6.42 Å². The molecular formula is C19H35NO5. The van der Waals surface area contributed by atoms with Gasteiger partial charge < -0.3 is 25.0 Å². The normalized spacial score (nSPS) is 29.2. The number of hydrogen-bond donors (Lipinski definition) is 3. The second kappa shape index (κ2) is 11.1. The van der Waals surface area contributed by atoms with E-state index in [2.05, 4.69) is 5.32 Å². The number of aliphatic hydroxyl groups is 1. The van der Waals surface area contributed by atoms with Crippen molar-refractivity contribution in [2.75, 3.05) is 26.3 Å². The zero-order valence-electron chi connectivity index (χ0n) is 15.5. The maximum atomic E-state index is 10.5. The molecule has 0 aromatic carbocycles. The summed E-state index contributed by atoms with van der Waals surface area (Å²) in [6, 6.07) is 0. The summed E-state index contributed by atoms with van der Waals surface area (Å²) in [6.07, 6.45) is 8.16. The zero-order chi connectivity index (χ0) is 18.1. The number of aliphatic carboxylic acids is 1. The summed E-state index contributed by atoms with van der Waals surface area (Å²) in [6.45, 7) is 4.41. The summed E-state index contributed by atoms with van der Waals surface area (Å²) in [5.74, 6) is 0.450. The van der Waals surface area contributed by atoms with Gasteiger partial charge >= 0.3 is 5.97 Å². The van der Waals surface area contributed by atoms with Gasteiger partial charge in [-0.1, -0.05) is 19.3 Å². The monoisotopic (exact) mass is 357 g/mol. The van der Waals surface area contributed by atoms with Crippen LogP contribution in [0.5, 0.6) is 0 Å². The molecule has 0 spiro atoms. The smallest absolute Gasteiger partial charge is 0.303 e. The minimum atomic E-state index is -0.695. The average molecular weight is 357 g/mol. The molecule has 5 atom stereocenters. The van der Waals surface area contributed by atoms with E-state index in [1.54, 1.807) is 0 Å². The van der Waals surface area contributed by atoms with Crippen molar-refractivity contribution in [3.8, 4) is 0 Å². The molecule has 2 heterocycles. The molecule has 6 heteroatoms. The van der Waals surface area contributed by atoms with E-state index in [0.29, 0.717) is 43.8 Å². The van der Waals surface area contributed by atoms with Gasteiger partial charge in [0.25, 0.3) is 0 Å². The summed E-state index contributed by atoms with van der Waals surface area (Å²) < 4.78 is 11.4. The first-order chi connectivity index (χ1) is 12.1. The van der Waals surface area contributed by atoms with Crippen molar-refractivity contribution in [2.45, 2.75) is 76.6 Å². The number of aliphatic hydroxyl groups excluding tert-OH is 1. The van der Waals surface area contributed by atoms with Crippen LogP contribution in [0, 0.1) is 11.8 Å². The average Bonchev–Trinajstić information content (AvgIpc) is 3.18. The fraction of sp³-hybridized carbons (Fsp3) is 0.947. The first-order valence-electron chi connectivity index (χ1n) is 9.95. The molecule has 3 N–H and O–H groups in total. The number of nitrogens with one attached hydrogen (secondary N) is 1. The van der Waals surface area contributed by atoms with E-state index >= 15 is 0 Å². The fourth-order valence-electron chi connectivity index (χ4n) is 4.29. The lowest BCUT2D eigenvalue weighted by atomic mass is 9.76. The third kappa shape index (κ3) is 6.85. The van der Waals surface area contributed by atoms with Gasteiger partial charge in [0.2, 0.25) is 0 Å². The first kappa shape index (κ1) is 20.6. The second-order valence-electron chi connectivity index (χ2n) is 7.44. The Bertz CT molecular complexity index is 392. The molecule has 2 saturated heterocycles. The third-order valence-electron chi connectivity index (χ3n) is 5.54. The van der Waals surface area contributed by atoms with Crippen molar-refractivity contribution in [1.29, 1.82) is 0 Å². The lowest BCUT2D eigenvalue weighted by molar-refractivity contribution is -0.137. The molecule has 0 aromatic heterocycles. The maximum absolute atomic E-state index is 10.5. The molecule has 0 saturated carbocycles. The number of rotatable bonds is 14. The summed E-state index contributed by atoms with van der Waals surface area (Å²) in [7, 11) is 0. The highest BCUT2D eigenvalue weighted by Crippen LogP contribution is 2.45. The molecule has 146 valence electrons. The highest BCUT2D eigenvalue weighted by Gasteiger charge is 2.47. The van der Waals surface area contributed by atoms with Crippen LogP contribution in [0.2, 0.25) is 0 Å². The van der Waals surface area contributed by atoms with Crippen molar-refractivity contribution in [3.05, 3.63) is 0 Å². The molecule has 2 bridgehead atoms. The molecule has 2 aliphatic rings. The quantitative estimate of drug-likeness (QED) is 0.413. The Morgan fingerprint density at radius 2 is 1.92 bits per heavy atom. The molecule has 1 unspecified atom stereocenters. The second-order valence-corrected chi connectivity index (χ2v) is 7.44. The molecular weight excluding hydrogens is 322 g/mol. The Hall–Kier alpha value is -0.690. The van der Waals surface area contributed by atoms with Gasteiger partial charge in [-0.2, -0.15) is 0 Å². The summed E-state index contributed by atoms with van der Waals surface area (Å²) in [4.78, 5) is 10.5. The summed E-state index contributed by atoms with van der Waals surface area (Å²) >= 11 is 0. The summed E-state index contributed by atoms with van der Waals surface area (Å²) in [5, 5.41) is 21.9. The van der Waals surface area contributed by atoms with E-state index in [9.17, 15) is 9.90 Å². The Morgan fingerprint density at radius 1 is 1.20 bits per heavy atom. The first-order valence-corrected chi connectivity index (χ1v) is 9.95. The largest absolute Gasteiger partial charge is 0.481 e. The van der Waals surface area contributed by atoms with E-state index in [1.807, 2.05) is 6.92 Å². The predicted octanol–water partition coefficient (Wildman–Crippen LogP) is 2.19. The van der Waals surface area contributed by atoms with Crippen LogP contribution in [-0.2, 0) is 14.3 Å². The number of fused-ring (bicyclic) bond motifs is 2. The molecule has 2 fully saturated rings. The standard InChI is InChI=1S/C19H35NO5/c1-2-24-13-14(21)11-20-12-16-15(17-9-10-18(16)25-17)7-5-3-4-6-8-19(22)23/h14-18,20-21H,2-13H2,1H3,(H,22,23)/t14?,15-,16+,17-,18+/m0/s1. The van der Waals surface area contributed by atoms with Gasteiger partial charge in [0, 0.05) is 32.0 Å². The van der Waals surface area contributed by atoms with Crippen LogP contribution in [0.25, 0.3) is 0 Å². The van der Waals surface area contributed by atoms with Gasteiger partial charge in [0.15, 0.2) is 0 Å². The number of carboxylic acid groups (broad SMARTS) is 1. The van der Waals surface area contributed by atoms with Crippen LogP contribution in [0.1, 0.15) is 58.3 Å². The topological polar surface area (TPSA) is 88.0 Å². The van der Waals surface area contributed by atoms with Gasteiger partial charge in [-0.25, -0.2) is 0 Å². The number of carboxylic acids is 1. The molecule has 2 rings (SSSR count). The minimum absolute atomic E-state index is 0.286. The number of ether oxygens (including phenoxy) is 2. The minimum Gasteiger partial charge on any atom is -0.481 e. The molecule has 0 amide bonds. The van der Waals surface area contributed by atoms with Crippen LogP contribution in [-0.4, -0.2) is 60.8 Å². The van der Waals surface area contributed by atoms with E-state index in [0.717, 1.165) is 38.6 Å². The number of hydrogen-bond acceptors (Lipinski definition) is 5. The number of unbranched alkanes of at least 4 members (excludes halogenated alkanes) is 3. The van der Waals surface area contributed by atoms with Gasteiger partial charge in [-0.15, -0.1) is 0 Å². The lowest BCUT2D eigenvalue weighted by Gasteiger charge is -2.28. The van der Waals surface area contributed by atoms with Crippen molar-refractivity contribution in [2.24, 2.45) is 11.8 Å². The third-order valence-corrected chi connectivity index (χ3v) is 5.54. The van der Waals surface area contributed by atoms with Gasteiger partial charge in [-0.05, 0) is 38.5 Å². The van der Waals surface area contributed by atoms with Crippen LogP contribution in [0.3, 0.4) is 0 Å². The Balaban J connectivity index is 1.63. The molecule has 0 aliphatic carbocycles. The van der Waals surface area contributed by atoms with Crippen LogP contribution in [0.15, 0.2) is 0 Å². The lowest BCUT2D eigenvalue weighted by Crippen LogP contribution is -2.39. The van der Waals surface area contributed by atoms with Gasteiger partial charge in [-0.3, -0.25) is 4.79 Å². The van der Waals surface area contributed by atoms with E-state index in [1.165, 1.54) is 12.8 Å². The molecule has 25 heavy (non-hydrogen) atoms. The Labute approximate surface area is 151 Å². The molecule has 0 aromatic rings. The van der Waals surface area contributed by atoms with Crippen molar-refractivity contribution in [3.63, 3.8) is 0 Å². The summed E-state index contributed by atoms with van der Waals surface area (Å²) in [5.41, 5.74) is 0. The van der Waals surface area contributed by atoms with Crippen molar-refractivity contribution >= 4 is 5.97 Å². The Morgan fingerprint density at radius 3 is 2.64 bits per heavy atom. The predicted molar refractivity (Wildman–Crippen MR) is 95.6 cm³/mol. The molecule has 6 nitrogen and oxygen atoms in total. The van der Waals surface area contributed by atoms with Crippen molar-refractivity contribution < 1.29 is 24.5 Å². The fourth-order valence-corrected chi connectivity index (χ4v) is 4.29. The number of carbonyl (C=O) groups is 1. The van der Waals surface area contributed by atoms with Crippen molar-refractivity contribution in [1.82, 2.24) is 5.32 Å². The molecule has 2 aliphatic heterocycles. The van der Waals surface area contributed by atoms with Crippen LogP contribution in [0.4, 0.5) is 0 Å². The zero-order valence-corrected chi connectivity index (χ0v) is 15.5. The van der Waals surface area contributed by atoms with E-state index in [4.69, 9.17) is 14.6 Å². The highest BCUT2D eigenvalue weighted by atomic mass is 16.5. The van der Waals surface area contributed by atoms with Gasteiger partial charge in [0.05, 0.1) is 24.9 Å². The maximum Gasteiger partial charge on any atom is 0.303 e. The van der Waals surface area contributed by atoms with Crippen LogP contribution >= 0.6 is 0 Å². The SMILES string of the molecule is CCOCC(O)CNC[C@@H]1[C@H](CCCCCCC(=O)O)[C@@H]2CC[C@H]1O2. The van der Waals surface area contributed by atoms with Crippen LogP contribution < -0.4 is 5.32 Å². The molecule has 0 radical (unpaired) electrons.